The summed E-state index contributed by atoms with van der Waals surface area (Å²) in [7, 11) is 1.35. The zero-order valence-corrected chi connectivity index (χ0v) is 17.3. The lowest BCUT2D eigenvalue weighted by Crippen LogP contribution is -2.60. The van der Waals surface area contributed by atoms with Gasteiger partial charge in [-0.15, -0.1) is 0 Å². The largest absolute Gasteiger partial charge is 0.508 e. The van der Waals surface area contributed by atoms with Gasteiger partial charge in [-0.3, -0.25) is 4.79 Å². The highest BCUT2D eigenvalue weighted by Gasteiger charge is 2.45. The number of phenols is 2. The first-order valence-electron chi connectivity index (χ1n) is 9.89. The Hall–Kier alpha value is -3.35. The molecule has 0 saturated carbocycles. The highest BCUT2D eigenvalue weighted by atomic mass is 16.7. The molecule has 4 rings (SSSR count). The number of phenolic OH excluding ortho intramolecular Hbond substituents is 2. The summed E-state index contributed by atoms with van der Waals surface area (Å²) in [4.78, 5) is 12.5. The van der Waals surface area contributed by atoms with Gasteiger partial charge in [0.1, 0.15) is 52.6 Å². The maximum atomic E-state index is 12.5. The molecule has 1 saturated heterocycles. The van der Waals surface area contributed by atoms with Gasteiger partial charge in [0.15, 0.2) is 16.9 Å². The predicted octanol–water partition coefficient (Wildman–Crippen LogP) is 0.0585. The Kier molecular flexibility index (Phi) is 6.15. The summed E-state index contributed by atoms with van der Waals surface area (Å²) in [6.07, 6.45) is -7.29. The van der Waals surface area contributed by atoms with Crippen LogP contribution in [0.4, 0.5) is 0 Å². The first-order valence-corrected chi connectivity index (χ1v) is 9.89. The number of methoxy groups -OCH3 is 1. The van der Waals surface area contributed by atoms with Crippen molar-refractivity contribution in [3.8, 4) is 34.3 Å². The molecule has 2 aromatic carbocycles. The molecule has 11 heteroatoms. The average Bonchev–Trinajstić information content (AvgIpc) is 2.78. The molecule has 6 N–H and O–H groups in total. The Morgan fingerprint density at radius 2 is 1.73 bits per heavy atom. The number of benzene rings is 2. The number of aromatic hydroxyl groups is 2. The third-order valence-corrected chi connectivity index (χ3v) is 5.33. The summed E-state index contributed by atoms with van der Waals surface area (Å²) in [6.45, 7) is -0.604. The molecule has 1 aliphatic heterocycles. The fourth-order valence-corrected chi connectivity index (χ4v) is 3.60. The summed E-state index contributed by atoms with van der Waals surface area (Å²) in [5.41, 5.74) is -0.144. The van der Waals surface area contributed by atoms with Crippen molar-refractivity contribution in [2.75, 3.05) is 13.7 Å². The molecule has 5 atom stereocenters. The van der Waals surface area contributed by atoms with Crippen molar-refractivity contribution in [3.63, 3.8) is 0 Å². The standard InChI is InChI=1S/C22H22O11/c1-30-15-4-9(14-7-12(26)18-11(25)5-10(24)6-16(18)31-14)2-3-13(15)32-22-21(29)20(28)19(27)17(8-23)33-22/h2-7,17,19-25,27-29H,8H2,1H3/t17?,19-,20?,21?,22+/m1/s1. The van der Waals surface area contributed by atoms with Gasteiger partial charge in [-0.25, -0.2) is 0 Å². The second-order valence-corrected chi connectivity index (χ2v) is 7.49. The Bertz CT molecular complexity index is 1220. The first kappa shape index (κ1) is 22.8. The molecular formula is C22H22O11. The van der Waals surface area contributed by atoms with E-state index in [-0.39, 0.29) is 34.0 Å². The number of rotatable bonds is 5. The SMILES string of the molecule is COc1cc(-c2cc(=O)c3c(O)cc(O)cc3o2)ccc1O[C@H]1OC(CO)[C@@H](O)C(O)C1O. The third-order valence-electron chi connectivity index (χ3n) is 5.33. The fourth-order valence-electron chi connectivity index (χ4n) is 3.60. The molecule has 0 radical (unpaired) electrons. The van der Waals surface area contributed by atoms with Gasteiger partial charge in [-0.05, 0) is 18.2 Å². The van der Waals surface area contributed by atoms with Gasteiger partial charge in [-0.1, -0.05) is 0 Å². The summed E-state index contributed by atoms with van der Waals surface area (Å²) in [5.74, 6) is -0.308. The molecule has 0 spiro atoms. The van der Waals surface area contributed by atoms with E-state index in [1.54, 1.807) is 0 Å². The van der Waals surface area contributed by atoms with Crippen molar-refractivity contribution in [3.05, 3.63) is 46.6 Å². The van der Waals surface area contributed by atoms with Gasteiger partial charge in [0.2, 0.25) is 6.29 Å². The van der Waals surface area contributed by atoms with E-state index in [1.807, 2.05) is 0 Å². The number of hydrogen-bond donors (Lipinski definition) is 6. The highest BCUT2D eigenvalue weighted by Crippen LogP contribution is 2.36. The lowest BCUT2D eigenvalue weighted by molar-refractivity contribution is -0.277. The Labute approximate surface area is 186 Å². The summed E-state index contributed by atoms with van der Waals surface area (Å²) >= 11 is 0. The van der Waals surface area contributed by atoms with Crippen LogP contribution in [0.5, 0.6) is 23.0 Å². The van der Waals surface area contributed by atoms with E-state index in [4.69, 9.17) is 18.6 Å². The normalized spacial score (nSPS) is 25.2. The highest BCUT2D eigenvalue weighted by molar-refractivity contribution is 5.86. The smallest absolute Gasteiger partial charge is 0.229 e. The van der Waals surface area contributed by atoms with Crippen LogP contribution in [0.1, 0.15) is 0 Å². The van der Waals surface area contributed by atoms with Gasteiger partial charge in [0.05, 0.1) is 13.7 Å². The topological polar surface area (TPSA) is 179 Å². The van der Waals surface area contributed by atoms with Crippen molar-refractivity contribution in [2.45, 2.75) is 30.7 Å². The molecule has 2 heterocycles. The number of aliphatic hydroxyl groups is 4. The minimum atomic E-state index is -1.61. The maximum absolute atomic E-state index is 12.5. The van der Waals surface area contributed by atoms with Crippen molar-refractivity contribution in [2.24, 2.45) is 0 Å². The van der Waals surface area contributed by atoms with Crippen LogP contribution >= 0.6 is 0 Å². The van der Waals surface area contributed by atoms with Crippen LogP contribution in [0.2, 0.25) is 0 Å². The number of hydrogen-bond acceptors (Lipinski definition) is 11. The number of ether oxygens (including phenoxy) is 3. The van der Waals surface area contributed by atoms with Gasteiger partial charge < -0.3 is 49.3 Å². The first-order chi connectivity index (χ1) is 15.7. The van der Waals surface area contributed by atoms with Crippen molar-refractivity contribution in [1.29, 1.82) is 0 Å². The van der Waals surface area contributed by atoms with Crippen LogP contribution in [0.15, 0.2) is 45.6 Å². The van der Waals surface area contributed by atoms with Crippen LogP contribution in [-0.2, 0) is 4.74 Å². The van der Waals surface area contributed by atoms with E-state index in [2.05, 4.69) is 0 Å². The minimum absolute atomic E-state index is 0.0180. The monoisotopic (exact) mass is 462 g/mol. The average molecular weight is 462 g/mol. The van der Waals surface area contributed by atoms with E-state index in [0.717, 1.165) is 6.07 Å². The molecule has 176 valence electrons. The van der Waals surface area contributed by atoms with E-state index in [9.17, 15) is 35.4 Å². The molecule has 11 nitrogen and oxygen atoms in total. The zero-order valence-electron chi connectivity index (χ0n) is 17.3. The molecule has 1 fully saturated rings. The zero-order chi connectivity index (χ0) is 23.9. The summed E-state index contributed by atoms with van der Waals surface area (Å²) in [5, 5.41) is 58.9. The molecule has 1 aromatic heterocycles. The molecule has 33 heavy (non-hydrogen) atoms. The molecular weight excluding hydrogens is 440 g/mol. The van der Waals surface area contributed by atoms with Gasteiger partial charge >= 0.3 is 0 Å². The van der Waals surface area contributed by atoms with Crippen molar-refractivity contribution < 1.29 is 49.3 Å². The van der Waals surface area contributed by atoms with Crippen LogP contribution in [0.3, 0.4) is 0 Å². The van der Waals surface area contributed by atoms with Gasteiger partial charge in [0, 0.05) is 23.8 Å². The molecule has 0 bridgehead atoms. The van der Waals surface area contributed by atoms with Gasteiger partial charge in [0.25, 0.3) is 0 Å². The van der Waals surface area contributed by atoms with E-state index < -0.39 is 48.5 Å². The van der Waals surface area contributed by atoms with Crippen LogP contribution in [-0.4, -0.2) is 75.1 Å². The predicted molar refractivity (Wildman–Crippen MR) is 112 cm³/mol. The van der Waals surface area contributed by atoms with Crippen LogP contribution < -0.4 is 14.9 Å². The van der Waals surface area contributed by atoms with E-state index >= 15 is 0 Å². The van der Waals surface area contributed by atoms with E-state index in [0.29, 0.717) is 5.56 Å². The second-order valence-electron chi connectivity index (χ2n) is 7.49. The Morgan fingerprint density at radius 1 is 0.970 bits per heavy atom. The molecule has 3 aromatic rings. The second kappa shape index (κ2) is 8.89. The summed E-state index contributed by atoms with van der Waals surface area (Å²) in [6, 6.07) is 7.85. The number of fused-ring (bicyclic) bond motifs is 1. The molecule has 0 amide bonds. The van der Waals surface area contributed by atoms with Crippen LogP contribution in [0, 0.1) is 0 Å². The van der Waals surface area contributed by atoms with Crippen LogP contribution in [0.25, 0.3) is 22.3 Å². The molecule has 3 unspecified atom stereocenters. The van der Waals surface area contributed by atoms with Crippen molar-refractivity contribution >= 4 is 11.0 Å². The maximum Gasteiger partial charge on any atom is 0.229 e. The lowest BCUT2D eigenvalue weighted by Gasteiger charge is -2.39. The van der Waals surface area contributed by atoms with Gasteiger partial charge in [-0.2, -0.15) is 0 Å². The Morgan fingerprint density at radius 3 is 2.42 bits per heavy atom. The summed E-state index contributed by atoms with van der Waals surface area (Å²) < 4.78 is 22.0. The Balaban J connectivity index is 1.67. The fraction of sp³-hybridized carbons (Fsp3) is 0.318. The van der Waals surface area contributed by atoms with Crippen molar-refractivity contribution in [1.82, 2.24) is 0 Å². The minimum Gasteiger partial charge on any atom is -0.508 e. The molecule has 0 aliphatic carbocycles. The third kappa shape index (κ3) is 4.19. The molecule has 1 aliphatic rings. The lowest BCUT2D eigenvalue weighted by atomic mass is 9.99. The number of aliphatic hydroxyl groups excluding tert-OH is 4. The quantitative estimate of drug-likeness (QED) is 0.302. The van der Waals surface area contributed by atoms with E-state index in [1.165, 1.54) is 37.4 Å².